The van der Waals surface area contributed by atoms with Gasteiger partial charge in [-0.1, -0.05) is 49.0 Å². The molecule has 2 aromatic carbocycles. The molecule has 0 unspecified atom stereocenters. The summed E-state index contributed by atoms with van der Waals surface area (Å²) in [7, 11) is 0. The Morgan fingerprint density at radius 3 is 2.78 bits per heavy atom. The van der Waals surface area contributed by atoms with Crippen molar-refractivity contribution in [2.45, 2.75) is 31.1 Å². The van der Waals surface area contributed by atoms with E-state index in [1.165, 1.54) is 11.8 Å². The lowest BCUT2D eigenvalue weighted by atomic mass is 10.1. The van der Waals surface area contributed by atoms with E-state index in [4.69, 9.17) is 14.7 Å². The number of rotatable bonds is 5. The summed E-state index contributed by atoms with van der Waals surface area (Å²) in [5, 5.41) is 1.28. The Bertz CT molecular complexity index is 1390. The van der Waals surface area contributed by atoms with Crippen LogP contribution in [-0.4, -0.2) is 75.2 Å². The number of thioether (sulfide) groups is 1. The van der Waals surface area contributed by atoms with Crippen LogP contribution in [0.2, 0.25) is 0 Å². The van der Waals surface area contributed by atoms with Crippen molar-refractivity contribution in [3.63, 3.8) is 0 Å². The van der Waals surface area contributed by atoms with Crippen LogP contribution in [0, 0.1) is 0 Å². The molecule has 2 amide bonds. The number of aromatic amines is 1. The molecule has 1 N–H and O–H groups in total. The Hall–Kier alpha value is -3.43. The molecule has 3 aliphatic rings. The largest absolute Gasteiger partial charge is 0.378 e. The molecule has 8 nitrogen and oxygen atoms in total. The van der Waals surface area contributed by atoms with Gasteiger partial charge in [-0.15, -0.1) is 0 Å². The quantitative estimate of drug-likeness (QED) is 0.577. The minimum atomic E-state index is -0.550. The summed E-state index contributed by atoms with van der Waals surface area (Å²) in [6.45, 7) is 4.28. The van der Waals surface area contributed by atoms with Crippen molar-refractivity contribution in [1.29, 1.82) is 0 Å². The standard InChI is InChI=1S/C27H27N5O3S/c1-2-23(26(34)31-11-13-35-14-12-31)36-27-30-21-10-6-4-8-19(21)24-29-22(25(33)32(24)27)15-17-16-28-20-9-5-3-7-18(17)20/h3-10,16,22-23,28H,2,11-15H2,1H3/t22-,23-/m1/s1. The van der Waals surface area contributed by atoms with Gasteiger partial charge in [0.1, 0.15) is 11.9 Å². The zero-order valence-electron chi connectivity index (χ0n) is 20.0. The van der Waals surface area contributed by atoms with E-state index >= 15 is 0 Å². The number of hydrogen-bond acceptors (Lipinski definition) is 6. The first-order valence-electron chi connectivity index (χ1n) is 12.3. The maximum absolute atomic E-state index is 13.8. The van der Waals surface area contributed by atoms with E-state index in [1.54, 1.807) is 4.90 Å². The van der Waals surface area contributed by atoms with E-state index in [-0.39, 0.29) is 17.1 Å². The Balaban J connectivity index is 1.31. The van der Waals surface area contributed by atoms with Gasteiger partial charge >= 0.3 is 0 Å². The number of amides is 2. The smallest absolute Gasteiger partial charge is 0.259 e. The summed E-state index contributed by atoms with van der Waals surface area (Å²) in [5.74, 6) is 0.573. The summed E-state index contributed by atoms with van der Waals surface area (Å²) < 4.78 is 5.41. The van der Waals surface area contributed by atoms with Gasteiger partial charge in [-0.05, 0) is 30.2 Å². The van der Waals surface area contributed by atoms with E-state index in [2.05, 4.69) is 11.1 Å². The highest BCUT2D eigenvalue weighted by Crippen LogP contribution is 2.36. The van der Waals surface area contributed by atoms with Crippen molar-refractivity contribution in [3.8, 4) is 0 Å². The van der Waals surface area contributed by atoms with E-state index in [1.807, 2.05) is 60.5 Å². The summed E-state index contributed by atoms with van der Waals surface area (Å²) >= 11 is 1.36. The molecule has 2 atom stereocenters. The molecule has 0 aliphatic carbocycles. The molecule has 0 radical (unpaired) electrons. The normalized spacial score (nSPS) is 20.1. The van der Waals surface area contributed by atoms with Crippen LogP contribution in [0.5, 0.6) is 0 Å². The molecule has 1 fully saturated rings. The highest BCUT2D eigenvalue weighted by atomic mass is 32.2. The lowest BCUT2D eigenvalue weighted by molar-refractivity contribution is -0.134. The van der Waals surface area contributed by atoms with Gasteiger partial charge in [0.2, 0.25) is 5.91 Å². The van der Waals surface area contributed by atoms with Crippen molar-refractivity contribution in [2.75, 3.05) is 26.3 Å². The number of aromatic nitrogens is 1. The van der Waals surface area contributed by atoms with Gasteiger partial charge in [-0.25, -0.2) is 9.89 Å². The second kappa shape index (κ2) is 9.55. The molecular weight excluding hydrogens is 474 g/mol. The first-order valence-corrected chi connectivity index (χ1v) is 13.2. The fraction of sp³-hybridized carbons (Fsp3) is 0.333. The number of para-hydroxylation sites is 2. The van der Waals surface area contributed by atoms with Gasteiger partial charge in [-0.2, -0.15) is 0 Å². The topological polar surface area (TPSA) is 90.4 Å². The maximum Gasteiger partial charge on any atom is 0.259 e. The third-order valence-corrected chi connectivity index (χ3v) is 8.16. The molecule has 3 aromatic rings. The summed E-state index contributed by atoms with van der Waals surface area (Å²) in [4.78, 5) is 43.5. The molecule has 0 bridgehead atoms. The summed E-state index contributed by atoms with van der Waals surface area (Å²) in [6.07, 6.45) is 3.09. The monoisotopic (exact) mass is 501 g/mol. The number of aliphatic imine (C=N–C) groups is 2. The number of carbonyl (C=O) groups excluding carboxylic acids is 2. The molecule has 1 aromatic heterocycles. The SMILES string of the molecule is CC[C@@H](SC1=Nc2ccccc2C2=N[C@H](Cc3c[nH]c4ccccc34)C(=O)N12)C(=O)N1CCOCC1. The Morgan fingerprint density at radius 2 is 1.94 bits per heavy atom. The highest BCUT2D eigenvalue weighted by molar-refractivity contribution is 8.15. The van der Waals surface area contributed by atoms with Gasteiger partial charge in [0.05, 0.1) is 24.2 Å². The summed E-state index contributed by atoms with van der Waals surface area (Å²) in [6, 6.07) is 15.3. The fourth-order valence-electron chi connectivity index (χ4n) is 4.95. The van der Waals surface area contributed by atoms with Crippen LogP contribution < -0.4 is 0 Å². The van der Waals surface area contributed by atoms with Crippen LogP contribution in [-0.2, 0) is 20.7 Å². The number of fused-ring (bicyclic) bond motifs is 4. The first kappa shape index (κ1) is 23.0. The average Bonchev–Trinajstić information content (AvgIpc) is 3.48. The van der Waals surface area contributed by atoms with Crippen LogP contribution in [0.4, 0.5) is 5.69 Å². The van der Waals surface area contributed by atoms with Crippen molar-refractivity contribution >= 4 is 51.2 Å². The molecule has 184 valence electrons. The molecular formula is C27H27N5O3S. The van der Waals surface area contributed by atoms with Gasteiger partial charge in [0.25, 0.3) is 5.91 Å². The number of ether oxygens (including phenoxy) is 1. The highest BCUT2D eigenvalue weighted by Gasteiger charge is 2.43. The van der Waals surface area contributed by atoms with Crippen LogP contribution in [0.25, 0.3) is 10.9 Å². The number of hydrogen-bond donors (Lipinski definition) is 1. The molecule has 4 heterocycles. The number of carbonyl (C=O) groups is 2. The predicted octanol–water partition coefficient (Wildman–Crippen LogP) is 3.74. The average molecular weight is 502 g/mol. The van der Waals surface area contributed by atoms with Crippen molar-refractivity contribution in [2.24, 2.45) is 9.98 Å². The Morgan fingerprint density at radius 1 is 1.17 bits per heavy atom. The van der Waals surface area contributed by atoms with Gasteiger partial charge in [0, 0.05) is 42.2 Å². The van der Waals surface area contributed by atoms with Crippen molar-refractivity contribution in [3.05, 3.63) is 65.9 Å². The third kappa shape index (κ3) is 4.02. The van der Waals surface area contributed by atoms with E-state index in [0.717, 1.165) is 27.7 Å². The molecule has 1 saturated heterocycles. The van der Waals surface area contributed by atoms with E-state index < -0.39 is 6.04 Å². The molecule has 36 heavy (non-hydrogen) atoms. The Labute approximate surface area is 213 Å². The molecule has 0 saturated carbocycles. The second-order valence-electron chi connectivity index (χ2n) is 9.07. The molecule has 6 rings (SSSR count). The number of morpholine rings is 1. The number of nitrogens with one attached hydrogen (secondary N) is 1. The minimum absolute atomic E-state index is 0.0628. The van der Waals surface area contributed by atoms with Gasteiger partial charge in [0.15, 0.2) is 5.17 Å². The second-order valence-corrected chi connectivity index (χ2v) is 10.2. The van der Waals surface area contributed by atoms with Crippen LogP contribution in [0.3, 0.4) is 0 Å². The van der Waals surface area contributed by atoms with Crippen LogP contribution in [0.1, 0.15) is 24.5 Å². The molecule has 3 aliphatic heterocycles. The van der Waals surface area contributed by atoms with E-state index in [0.29, 0.717) is 50.1 Å². The maximum atomic E-state index is 13.8. The van der Waals surface area contributed by atoms with Crippen LogP contribution >= 0.6 is 11.8 Å². The number of benzene rings is 2. The van der Waals surface area contributed by atoms with Crippen molar-refractivity contribution < 1.29 is 14.3 Å². The lowest BCUT2D eigenvalue weighted by Gasteiger charge is -2.31. The van der Waals surface area contributed by atoms with Gasteiger partial charge < -0.3 is 14.6 Å². The van der Waals surface area contributed by atoms with E-state index in [9.17, 15) is 9.59 Å². The predicted molar refractivity (Wildman–Crippen MR) is 142 cm³/mol. The number of nitrogens with zero attached hydrogens (tertiary/aromatic N) is 4. The molecule has 9 heteroatoms. The zero-order chi connectivity index (χ0) is 24.6. The van der Waals surface area contributed by atoms with Crippen LogP contribution in [0.15, 0.2) is 64.7 Å². The van der Waals surface area contributed by atoms with Gasteiger partial charge in [-0.3, -0.25) is 14.6 Å². The fourth-order valence-corrected chi connectivity index (χ4v) is 6.05. The number of H-pyrrole nitrogens is 1. The third-order valence-electron chi connectivity index (χ3n) is 6.85. The summed E-state index contributed by atoms with van der Waals surface area (Å²) in [5.41, 5.74) is 3.70. The number of amidine groups is 2. The Kier molecular flexibility index (Phi) is 6.10. The van der Waals surface area contributed by atoms with Crippen molar-refractivity contribution in [1.82, 2.24) is 14.8 Å². The first-order chi connectivity index (χ1) is 17.6. The minimum Gasteiger partial charge on any atom is -0.378 e. The zero-order valence-corrected chi connectivity index (χ0v) is 20.8. The lowest BCUT2D eigenvalue weighted by Crippen LogP contribution is -2.46. The molecule has 0 spiro atoms.